The van der Waals surface area contributed by atoms with Crippen molar-refractivity contribution in [3.8, 4) is 11.4 Å². The van der Waals surface area contributed by atoms with Gasteiger partial charge >= 0.3 is 0 Å². The zero-order valence-corrected chi connectivity index (χ0v) is 19.5. The molecule has 1 aromatic carbocycles. The first-order chi connectivity index (χ1) is 16.0. The van der Waals surface area contributed by atoms with Gasteiger partial charge in [0, 0.05) is 11.6 Å². The highest BCUT2D eigenvalue weighted by Crippen LogP contribution is 2.27. The Morgan fingerprint density at radius 1 is 1.18 bits per heavy atom. The maximum atomic E-state index is 13.2. The number of thiazole rings is 1. The van der Waals surface area contributed by atoms with Crippen LogP contribution in [-0.4, -0.2) is 49.1 Å². The number of aromatic nitrogens is 5. The van der Waals surface area contributed by atoms with Gasteiger partial charge < -0.3 is 10.1 Å². The molecule has 0 aliphatic heterocycles. The van der Waals surface area contributed by atoms with E-state index in [1.165, 1.54) is 39.9 Å². The number of rotatable bonds is 9. The summed E-state index contributed by atoms with van der Waals surface area (Å²) in [6, 6.07) is 5.68. The highest BCUT2D eigenvalue weighted by molar-refractivity contribution is 8.01. The van der Waals surface area contributed by atoms with Gasteiger partial charge in [-0.05, 0) is 31.2 Å². The van der Waals surface area contributed by atoms with Crippen molar-refractivity contribution in [1.82, 2.24) is 25.0 Å². The number of hydrogen-bond acceptors (Lipinski definition) is 10. The van der Waals surface area contributed by atoms with Crippen LogP contribution in [0.4, 0.5) is 14.7 Å². The molecule has 0 spiro atoms. The Hall–Kier alpha value is -3.36. The SMILES string of the molecule is CCOc1cn(-c2ccc(F)cc2)nc1C(=O)Nc1nnc(SCC(=O)Nc2nccs2)s1. The molecule has 0 aliphatic rings. The molecule has 2 amide bonds. The molecule has 0 radical (unpaired) electrons. The summed E-state index contributed by atoms with van der Waals surface area (Å²) in [7, 11) is 0. The number of nitrogens with zero attached hydrogens (tertiary/aromatic N) is 5. The highest BCUT2D eigenvalue weighted by Gasteiger charge is 2.21. The number of ether oxygens (including phenoxy) is 1. The third-order valence-corrected chi connectivity index (χ3v) is 6.58. The fourth-order valence-electron chi connectivity index (χ4n) is 2.55. The standard InChI is InChI=1S/C19H16FN7O3S3/c1-2-30-13-9-27(12-5-3-11(20)4-6-12)26-15(13)16(29)23-18-24-25-19(33-18)32-10-14(28)22-17-21-7-8-31-17/h3-9H,2,10H2,1H3,(H,21,22,28)(H,23,24,29). The van der Waals surface area contributed by atoms with Gasteiger partial charge in [0.25, 0.3) is 5.91 Å². The molecule has 0 saturated carbocycles. The van der Waals surface area contributed by atoms with E-state index in [0.717, 1.165) is 11.3 Å². The first-order valence-corrected chi connectivity index (χ1v) is 12.2. The predicted octanol–water partition coefficient (Wildman–Crippen LogP) is 3.70. The second kappa shape index (κ2) is 10.5. The van der Waals surface area contributed by atoms with Crippen LogP contribution in [-0.2, 0) is 4.79 Å². The fourth-order valence-corrected chi connectivity index (χ4v) is 4.64. The third kappa shape index (κ3) is 5.91. The molecule has 3 aromatic heterocycles. The predicted molar refractivity (Wildman–Crippen MR) is 124 cm³/mol. The van der Waals surface area contributed by atoms with E-state index in [0.29, 0.717) is 21.8 Å². The maximum absolute atomic E-state index is 13.2. The number of thioether (sulfide) groups is 1. The molecule has 33 heavy (non-hydrogen) atoms. The van der Waals surface area contributed by atoms with Gasteiger partial charge in [0.15, 0.2) is 20.9 Å². The third-order valence-electron chi connectivity index (χ3n) is 3.92. The van der Waals surface area contributed by atoms with E-state index in [9.17, 15) is 14.0 Å². The molecule has 3 heterocycles. The van der Waals surface area contributed by atoms with Crippen LogP contribution in [0.15, 0.2) is 46.4 Å². The molecule has 0 bridgehead atoms. The lowest BCUT2D eigenvalue weighted by molar-refractivity contribution is -0.113. The Morgan fingerprint density at radius 2 is 2.00 bits per heavy atom. The van der Waals surface area contributed by atoms with Gasteiger partial charge in [0.2, 0.25) is 11.0 Å². The molecule has 4 aromatic rings. The minimum Gasteiger partial charge on any atom is -0.490 e. The van der Waals surface area contributed by atoms with Crippen molar-refractivity contribution in [3.63, 3.8) is 0 Å². The average molecular weight is 506 g/mol. The molecule has 0 saturated heterocycles. The van der Waals surface area contributed by atoms with Crippen LogP contribution >= 0.6 is 34.4 Å². The van der Waals surface area contributed by atoms with Gasteiger partial charge in [-0.25, -0.2) is 14.1 Å². The zero-order chi connectivity index (χ0) is 23.2. The maximum Gasteiger partial charge on any atom is 0.281 e. The van der Waals surface area contributed by atoms with E-state index in [-0.39, 0.29) is 34.1 Å². The lowest BCUT2D eigenvalue weighted by Crippen LogP contribution is -2.14. The first-order valence-electron chi connectivity index (χ1n) is 9.47. The van der Waals surface area contributed by atoms with Gasteiger partial charge in [0.1, 0.15) is 5.82 Å². The second-order valence-corrected chi connectivity index (χ2v) is 9.29. The molecule has 0 atom stereocenters. The molecule has 14 heteroatoms. The Balaban J connectivity index is 1.40. The van der Waals surface area contributed by atoms with Crippen LogP contribution in [0.1, 0.15) is 17.4 Å². The monoisotopic (exact) mass is 505 g/mol. The number of benzene rings is 1. The number of nitrogens with one attached hydrogen (secondary N) is 2. The van der Waals surface area contributed by atoms with Crippen molar-refractivity contribution < 1.29 is 18.7 Å². The van der Waals surface area contributed by atoms with Crippen molar-refractivity contribution in [2.75, 3.05) is 23.0 Å². The van der Waals surface area contributed by atoms with Crippen LogP contribution in [0.3, 0.4) is 0 Å². The van der Waals surface area contributed by atoms with Crippen molar-refractivity contribution in [1.29, 1.82) is 0 Å². The number of amides is 2. The van der Waals surface area contributed by atoms with Crippen LogP contribution in [0.5, 0.6) is 5.75 Å². The van der Waals surface area contributed by atoms with Crippen molar-refractivity contribution >= 4 is 56.5 Å². The topological polar surface area (TPSA) is 124 Å². The molecule has 0 unspecified atom stereocenters. The van der Waals surface area contributed by atoms with Crippen LogP contribution in [0.25, 0.3) is 5.69 Å². The molecule has 170 valence electrons. The van der Waals surface area contributed by atoms with Crippen LogP contribution in [0.2, 0.25) is 0 Å². The minimum absolute atomic E-state index is 0.0494. The summed E-state index contributed by atoms with van der Waals surface area (Å²) < 4.78 is 20.7. The normalized spacial score (nSPS) is 10.7. The van der Waals surface area contributed by atoms with Crippen LogP contribution in [0, 0.1) is 5.82 Å². The summed E-state index contributed by atoms with van der Waals surface area (Å²) in [4.78, 5) is 28.8. The smallest absolute Gasteiger partial charge is 0.281 e. The second-order valence-electron chi connectivity index (χ2n) is 6.20. The number of halogens is 1. The van der Waals surface area contributed by atoms with Gasteiger partial charge in [-0.1, -0.05) is 23.1 Å². The molecular formula is C19H16FN7O3S3. The Kier molecular flexibility index (Phi) is 7.26. The molecule has 0 aliphatic carbocycles. The average Bonchev–Trinajstić information content (AvgIpc) is 3.55. The minimum atomic E-state index is -0.534. The molecule has 10 nitrogen and oxygen atoms in total. The fraction of sp³-hybridized carbons (Fsp3) is 0.158. The summed E-state index contributed by atoms with van der Waals surface area (Å²) in [6.45, 7) is 2.12. The quantitative estimate of drug-likeness (QED) is 0.261. The van der Waals surface area contributed by atoms with E-state index in [2.05, 4.69) is 30.9 Å². The van der Waals surface area contributed by atoms with Crippen LogP contribution < -0.4 is 15.4 Å². The van der Waals surface area contributed by atoms with Gasteiger partial charge in [-0.15, -0.1) is 21.5 Å². The van der Waals surface area contributed by atoms with Gasteiger partial charge in [-0.3, -0.25) is 14.9 Å². The van der Waals surface area contributed by atoms with Gasteiger partial charge in [0.05, 0.1) is 24.2 Å². The lowest BCUT2D eigenvalue weighted by Gasteiger charge is -2.02. The largest absolute Gasteiger partial charge is 0.490 e. The Morgan fingerprint density at radius 3 is 2.73 bits per heavy atom. The summed E-state index contributed by atoms with van der Waals surface area (Å²) in [6.07, 6.45) is 3.15. The summed E-state index contributed by atoms with van der Waals surface area (Å²) >= 11 is 3.65. The van der Waals surface area contributed by atoms with E-state index in [1.54, 1.807) is 36.8 Å². The van der Waals surface area contributed by atoms with Crippen molar-refractivity contribution in [2.24, 2.45) is 0 Å². The molecular weight excluding hydrogens is 489 g/mol. The number of carbonyl (C=O) groups is 2. The Labute approximate surface area is 199 Å². The molecule has 2 N–H and O–H groups in total. The lowest BCUT2D eigenvalue weighted by atomic mass is 10.3. The summed E-state index contributed by atoms with van der Waals surface area (Å²) in [5, 5.41) is 20.1. The van der Waals surface area contributed by atoms with E-state index < -0.39 is 5.91 Å². The number of carbonyl (C=O) groups excluding carboxylic acids is 2. The molecule has 0 fully saturated rings. The highest BCUT2D eigenvalue weighted by atomic mass is 32.2. The Bertz CT molecular complexity index is 1240. The summed E-state index contributed by atoms with van der Waals surface area (Å²) in [5.41, 5.74) is 0.621. The van der Waals surface area contributed by atoms with E-state index in [1.807, 2.05) is 0 Å². The van der Waals surface area contributed by atoms with E-state index in [4.69, 9.17) is 4.74 Å². The zero-order valence-electron chi connectivity index (χ0n) is 17.0. The van der Waals surface area contributed by atoms with Crippen molar-refractivity contribution in [3.05, 3.63) is 53.6 Å². The molecule has 4 rings (SSSR count). The first kappa shape index (κ1) is 22.8. The number of anilines is 2. The summed E-state index contributed by atoms with van der Waals surface area (Å²) in [5.74, 6) is -0.729. The van der Waals surface area contributed by atoms with Gasteiger partial charge in [-0.2, -0.15) is 5.10 Å². The van der Waals surface area contributed by atoms with Crippen molar-refractivity contribution in [2.45, 2.75) is 11.3 Å². The van der Waals surface area contributed by atoms with E-state index >= 15 is 0 Å². The number of hydrogen-bond donors (Lipinski definition) is 2.